The van der Waals surface area contributed by atoms with Gasteiger partial charge in [-0.05, 0) is 99.0 Å². The summed E-state index contributed by atoms with van der Waals surface area (Å²) in [6.07, 6.45) is 6.02. The molecule has 5 rings (SSSR count). The van der Waals surface area contributed by atoms with Crippen molar-refractivity contribution in [2.24, 2.45) is 5.92 Å². The summed E-state index contributed by atoms with van der Waals surface area (Å²) in [6, 6.07) is 9.55. The summed E-state index contributed by atoms with van der Waals surface area (Å²) < 4.78 is 14.4. The number of aromatic nitrogens is 2. The summed E-state index contributed by atoms with van der Waals surface area (Å²) in [4.78, 5) is 11.9. The first kappa shape index (κ1) is 23.5. The fraction of sp³-hybridized carbons (Fsp3) is 0.444. The van der Waals surface area contributed by atoms with E-state index in [1.165, 1.54) is 44.5 Å². The van der Waals surface area contributed by atoms with E-state index in [1.807, 2.05) is 6.07 Å². The van der Waals surface area contributed by atoms with Gasteiger partial charge in [0.15, 0.2) is 0 Å². The molecular weight excluding hydrogens is 445 g/mol. The molecule has 2 bridgehead atoms. The van der Waals surface area contributed by atoms with Crippen molar-refractivity contribution in [1.29, 1.82) is 0 Å². The van der Waals surface area contributed by atoms with E-state index >= 15 is 0 Å². The molecule has 0 saturated carbocycles. The van der Waals surface area contributed by atoms with Gasteiger partial charge in [0.05, 0.1) is 11.3 Å². The lowest BCUT2D eigenvalue weighted by molar-refractivity contribution is 0.0589. The van der Waals surface area contributed by atoms with Crippen LogP contribution in [-0.2, 0) is 0 Å². The van der Waals surface area contributed by atoms with E-state index in [4.69, 9.17) is 0 Å². The second kappa shape index (κ2) is 8.75. The highest BCUT2D eigenvalue weighted by molar-refractivity contribution is 6.00. The third-order valence-electron chi connectivity index (χ3n) is 7.56. The molecule has 1 aromatic heterocycles. The van der Waals surface area contributed by atoms with E-state index < -0.39 is 11.7 Å². The number of nitrogens with zero attached hydrogens (tertiary/aromatic N) is 2. The van der Waals surface area contributed by atoms with Crippen molar-refractivity contribution in [3.8, 4) is 17.0 Å². The van der Waals surface area contributed by atoms with Crippen LogP contribution in [0.4, 0.5) is 10.2 Å². The SMILES string of the molecule is CNC(=O)c1cc2cc(O)c(-c3ccc(NCC4CC5(C)CCCC(C)(C4)N5)nn3)cc2cc1F. The highest BCUT2D eigenvalue weighted by Gasteiger charge is 2.45. The van der Waals surface area contributed by atoms with E-state index in [-0.39, 0.29) is 22.4 Å². The number of carbonyl (C=O) groups is 1. The number of rotatable bonds is 5. The summed E-state index contributed by atoms with van der Waals surface area (Å²) in [5, 5.41) is 30.1. The molecule has 0 aliphatic carbocycles. The molecule has 2 fully saturated rings. The number of amides is 1. The van der Waals surface area contributed by atoms with Gasteiger partial charge in [0, 0.05) is 30.2 Å². The zero-order valence-electron chi connectivity index (χ0n) is 20.4. The first-order chi connectivity index (χ1) is 16.7. The molecule has 3 heterocycles. The number of fused-ring (bicyclic) bond motifs is 3. The van der Waals surface area contributed by atoms with Crippen LogP contribution in [0.25, 0.3) is 22.0 Å². The van der Waals surface area contributed by atoms with E-state index in [9.17, 15) is 14.3 Å². The minimum Gasteiger partial charge on any atom is -0.507 e. The highest BCUT2D eigenvalue weighted by atomic mass is 19.1. The van der Waals surface area contributed by atoms with Crippen molar-refractivity contribution in [2.75, 3.05) is 18.9 Å². The fourth-order valence-corrected chi connectivity index (χ4v) is 6.16. The Bertz CT molecular complexity index is 1260. The van der Waals surface area contributed by atoms with Crippen molar-refractivity contribution in [3.63, 3.8) is 0 Å². The summed E-state index contributed by atoms with van der Waals surface area (Å²) in [5.41, 5.74) is 1.29. The number of hydrogen-bond acceptors (Lipinski definition) is 6. The average molecular weight is 478 g/mol. The molecule has 1 amide bonds. The summed E-state index contributed by atoms with van der Waals surface area (Å²) >= 11 is 0. The van der Waals surface area contributed by atoms with Gasteiger partial charge in [-0.3, -0.25) is 4.79 Å². The monoisotopic (exact) mass is 477 g/mol. The normalized spacial score (nSPS) is 25.9. The number of halogens is 1. The molecule has 0 spiro atoms. The number of aromatic hydroxyl groups is 1. The van der Waals surface area contributed by atoms with Crippen molar-refractivity contribution in [1.82, 2.24) is 20.8 Å². The van der Waals surface area contributed by atoms with Gasteiger partial charge < -0.3 is 21.1 Å². The Morgan fingerprint density at radius 2 is 1.83 bits per heavy atom. The first-order valence-corrected chi connectivity index (χ1v) is 12.2. The van der Waals surface area contributed by atoms with Crippen LogP contribution in [0.15, 0.2) is 36.4 Å². The van der Waals surface area contributed by atoms with Crippen molar-refractivity contribution >= 4 is 22.5 Å². The van der Waals surface area contributed by atoms with E-state index in [1.54, 1.807) is 12.1 Å². The Morgan fingerprint density at radius 1 is 1.11 bits per heavy atom. The molecule has 2 aromatic carbocycles. The summed E-state index contributed by atoms with van der Waals surface area (Å²) in [5.74, 6) is 0.104. The number of phenolic OH excluding ortho intramolecular Hbond substituents is 1. The number of phenols is 1. The molecular formula is C27H32FN5O2. The van der Waals surface area contributed by atoms with Crippen LogP contribution in [0.3, 0.4) is 0 Å². The Morgan fingerprint density at radius 3 is 2.49 bits per heavy atom. The number of piperidine rings is 2. The van der Waals surface area contributed by atoms with Crippen LogP contribution >= 0.6 is 0 Å². The number of carbonyl (C=O) groups excluding carboxylic acids is 1. The molecule has 3 aromatic rings. The molecule has 184 valence electrons. The standard InChI is InChI=1S/C27H32FN5O2/c1-26-7-4-8-27(2,33-26)14-16(13-26)15-30-24-6-5-22(31-32-24)20-10-17-11-21(28)19(25(35)29-3)9-18(17)12-23(20)34/h5-6,9-12,16,33-34H,4,7-8,13-15H2,1-3H3,(H,29,35)(H,30,32). The quantitative estimate of drug-likeness (QED) is 0.428. The van der Waals surface area contributed by atoms with Crippen molar-refractivity contribution < 1.29 is 14.3 Å². The van der Waals surface area contributed by atoms with Crippen molar-refractivity contribution in [2.45, 2.75) is 57.0 Å². The molecule has 0 radical (unpaired) electrons. The smallest absolute Gasteiger partial charge is 0.254 e. The topological polar surface area (TPSA) is 99.2 Å². The predicted molar refractivity (Wildman–Crippen MR) is 135 cm³/mol. The average Bonchev–Trinajstić information content (AvgIpc) is 2.81. The third-order valence-corrected chi connectivity index (χ3v) is 7.56. The van der Waals surface area contributed by atoms with Crippen LogP contribution in [0.2, 0.25) is 0 Å². The van der Waals surface area contributed by atoms with Gasteiger partial charge in [-0.15, -0.1) is 10.2 Å². The largest absolute Gasteiger partial charge is 0.507 e. The van der Waals surface area contributed by atoms with Gasteiger partial charge in [-0.25, -0.2) is 4.39 Å². The molecule has 2 atom stereocenters. The lowest BCUT2D eigenvalue weighted by Gasteiger charge is -2.53. The number of benzene rings is 2. The van der Waals surface area contributed by atoms with Crippen LogP contribution in [0.5, 0.6) is 5.75 Å². The van der Waals surface area contributed by atoms with Gasteiger partial charge in [0.1, 0.15) is 17.4 Å². The second-order valence-corrected chi connectivity index (χ2v) is 10.7. The Labute approximate surface area is 204 Å². The number of nitrogens with one attached hydrogen (secondary N) is 3. The van der Waals surface area contributed by atoms with E-state index in [2.05, 4.69) is 40.0 Å². The maximum Gasteiger partial charge on any atom is 0.254 e. The molecule has 4 N–H and O–H groups in total. The van der Waals surface area contributed by atoms with E-state index in [0.29, 0.717) is 33.8 Å². The fourth-order valence-electron chi connectivity index (χ4n) is 6.16. The lowest BCUT2D eigenvalue weighted by atomic mass is 9.67. The molecule has 8 heteroatoms. The minimum absolute atomic E-state index is 0.00953. The van der Waals surface area contributed by atoms with Crippen LogP contribution in [0.1, 0.15) is 56.3 Å². The maximum absolute atomic E-state index is 14.4. The van der Waals surface area contributed by atoms with Crippen LogP contribution in [-0.4, -0.2) is 45.9 Å². The van der Waals surface area contributed by atoms with E-state index in [0.717, 1.165) is 19.4 Å². The van der Waals surface area contributed by atoms with Crippen LogP contribution in [0, 0.1) is 11.7 Å². The molecule has 2 saturated heterocycles. The zero-order chi connectivity index (χ0) is 24.8. The third kappa shape index (κ3) is 4.67. The molecule has 2 aliphatic rings. The van der Waals surface area contributed by atoms with Crippen LogP contribution < -0.4 is 16.0 Å². The second-order valence-electron chi connectivity index (χ2n) is 10.7. The molecule has 35 heavy (non-hydrogen) atoms. The Kier molecular flexibility index (Phi) is 5.87. The molecule has 2 unspecified atom stereocenters. The zero-order valence-corrected chi connectivity index (χ0v) is 20.4. The Hall–Kier alpha value is -3.26. The summed E-state index contributed by atoms with van der Waals surface area (Å²) in [6.45, 7) is 5.52. The van der Waals surface area contributed by atoms with Gasteiger partial charge in [-0.1, -0.05) is 0 Å². The van der Waals surface area contributed by atoms with Gasteiger partial charge in [-0.2, -0.15) is 0 Å². The van der Waals surface area contributed by atoms with Crippen molar-refractivity contribution in [3.05, 3.63) is 47.8 Å². The minimum atomic E-state index is -0.621. The number of hydrogen-bond donors (Lipinski definition) is 4. The first-order valence-electron chi connectivity index (χ1n) is 12.2. The van der Waals surface area contributed by atoms with Gasteiger partial charge in [0.25, 0.3) is 5.91 Å². The maximum atomic E-state index is 14.4. The predicted octanol–water partition coefficient (Wildman–Crippen LogP) is 4.61. The molecule has 2 aliphatic heterocycles. The highest BCUT2D eigenvalue weighted by Crippen LogP contribution is 2.42. The Balaban J connectivity index is 1.31. The summed E-state index contributed by atoms with van der Waals surface area (Å²) in [7, 11) is 1.45. The van der Waals surface area contributed by atoms with Gasteiger partial charge >= 0.3 is 0 Å². The molecule has 7 nitrogen and oxygen atoms in total. The lowest BCUT2D eigenvalue weighted by Crippen LogP contribution is -2.63. The van der Waals surface area contributed by atoms with Gasteiger partial charge in [0.2, 0.25) is 0 Å². The number of anilines is 1.